The van der Waals surface area contributed by atoms with Gasteiger partial charge in [-0.05, 0) is 37.9 Å². The SMILES string of the molecule is COCCN1CC[C@@H](CNC(=O)[C@@H](C)Oc2ccccc2Cl)C1. The van der Waals surface area contributed by atoms with Gasteiger partial charge in [0.25, 0.3) is 5.91 Å². The number of nitrogens with one attached hydrogen (secondary N) is 1. The molecular weight excluding hydrogens is 316 g/mol. The highest BCUT2D eigenvalue weighted by Crippen LogP contribution is 2.24. The molecule has 2 rings (SSSR count). The van der Waals surface area contributed by atoms with Crippen molar-refractivity contribution in [2.45, 2.75) is 19.4 Å². The molecule has 1 aliphatic heterocycles. The molecule has 6 heteroatoms. The molecule has 1 saturated heterocycles. The Morgan fingerprint density at radius 2 is 2.26 bits per heavy atom. The largest absolute Gasteiger partial charge is 0.479 e. The fraction of sp³-hybridized carbons (Fsp3) is 0.588. The maximum Gasteiger partial charge on any atom is 0.260 e. The second kappa shape index (κ2) is 9.11. The molecule has 0 unspecified atom stereocenters. The number of nitrogens with zero attached hydrogens (tertiary/aromatic N) is 1. The van der Waals surface area contributed by atoms with Crippen molar-refractivity contribution in [1.29, 1.82) is 0 Å². The predicted molar refractivity (Wildman–Crippen MR) is 91.0 cm³/mol. The minimum Gasteiger partial charge on any atom is -0.479 e. The van der Waals surface area contributed by atoms with Crippen LogP contribution in [0, 0.1) is 5.92 Å². The van der Waals surface area contributed by atoms with Crippen LogP contribution in [0.5, 0.6) is 5.75 Å². The fourth-order valence-electron chi connectivity index (χ4n) is 2.68. The molecule has 23 heavy (non-hydrogen) atoms. The molecule has 0 saturated carbocycles. The normalized spacial score (nSPS) is 19.5. The van der Waals surface area contributed by atoms with Crippen LogP contribution in [0.15, 0.2) is 24.3 Å². The zero-order chi connectivity index (χ0) is 16.7. The molecule has 0 bridgehead atoms. The summed E-state index contributed by atoms with van der Waals surface area (Å²) in [5, 5.41) is 3.49. The highest BCUT2D eigenvalue weighted by molar-refractivity contribution is 6.32. The number of benzene rings is 1. The summed E-state index contributed by atoms with van der Waals surface area (Å²) in [5.74, 6) is 0.909. The number of hydrogen-bond acceptors (Lipinski definition) is 4. The van der Waals surface area contributed by atoms with E-state index in [-0.39, 0.29) is 5.91 Å². The molecule has 128 valence electrons. The van der Waals surface area contributed by atoms with E-state index < -0.39 is 6.10 Å². The molecule has 0 aromatic heterocycles. The van der Waals surface area contributed by atoms with Gasteiger partial charge in [-0.3, -0.25) is 4.79 Å². The summed E-state index contributed by atoms with van der Waals surface area (Å²) in [6.07, 6.45) is 0.532. The first-order chi connectivity index (χ1) is 11.1. The Balaban J connectivity index is 1.71. The third kappa shape index (κ3) is 5.68. The lowest BCUT2D eigenvalue weighted by Gasteiger charge is -2.18. The van der Waals surface area contributed by atoms with Crippen molar-refractivity contribution in [3.8, 4) is 5.75 Å². The van der Waals surface area contributed by atoms with Crippen molar-refractivity contribution in [3.05, 3.63) is 29.3 Å². The first-order valence-corrected chi connectivity index (χ1v) is 8.38. The summed E-state index contributed by atoms with van der Waals surface area (Å²) in [6, 6.07) is 7.17. The summed E-state index contributed by atoms with van der Waals surface area (Å²) in [6.45, 7) is 6.18. The number of halogens is 1. The van der Waals surface area contributed by atoms with Crippen molar-refractivity contribution in [2.24, 2.45) is 5.92 Å². The van der Waals surface area contributed by atoms with Gasteiger partial charge in [0.2, 0.25) is 0 Å². The number of amides is 1. The number of rotatable bonds is 8. The smallest absolute Gasteiger partial charge is 0.260 e. The molecule has 0 spiro atoms. The second-order valence-corrected chi connectivity index (χ2v) is 6.29. The van der Waals surface area contributed by atoms with Crippen molar-refractivity contribution in [1.82, 2.24) is 10.2 Å². The second-order valence-electron chi connectivity index (χ2n) is 5.88. The number of ether oxygens (including phenoxy) is 2. The van der Waals surface area contributed by atoms with E-state index in [1.54, 1.807) is 26.2 Å². The Morgan fingerprint density at radius 3 is 3.00 bits per heavy atom. The van der Waals surface area contributed by atoms with E-state index in [9.17, 15) is 4.79 Å². The topological polar surface area (TPSA) is 50.8 Å². The maximum atomic E-state index is 12.2. The van der Waals surface area contributed by atoms with Crippen molar-refractivity contribution < 1.29 is 14.3 Å². The van der Waals surface area contributed by atoms with E-state index in [0.717, 1.165) is 32.7 Å². The van der Waals surface area contributed by atoms with E-state index >= 15 is 0 Å². The molecule has 1 amide bonds. The molecule has 2 atom stereocenters. The zero-order valence-electron chi connectivity index (χ0n) is 13.8. The lowest BCUT2D eigenvalue weighted by molar-refractivity contribution is -0.127. The lowest BCUT2D eigenvalue weighted by Crippen LogP contribution is -2.39. The number of para-hydroxylation sites is 1. The standard InChI is InChI=1S/C17H25ClN2O3/c1-13(23-16-6-4-3-5-15(16)18)17(21)19-11-14-7-8-20(12-14)9-10-22-2/h3-6,13-14H,7-12H2,1-2H3,(H,19,21)/t13-,14+/m1/s1. The Bertz CT molecular complexity index is 512. The summed E-state index contributed by atoms with van der Waals surface area (Å²) >= 11 is 6.04. The number of carbonyl (C=O) groups excluding carboxylic acids is 1. The van der Waals surface area contributed by atoms with Crippen LogP contribution in [-0.4, -0.2) is 56.8 Å². The van der Waals surface area contributed by atoms with E-state index in [4.69, 9.17) is 21.1 Å². The van der Waals surface area contributed by atoms with Crippen LogP contribution in [-0.2, 0) is 9.53 Å². The van der Waals surface area contributed by atoms with Crippen LogP contribution in [0.25, 0.3) is 0 Å². The van der Waals surface area contributed by atoms with E-state index in [1.165, 1.54) is 0 Å². The van der Waals surface area contributed by atoms with Crippen LogP contribution in [0.4, 0.5) is 0 Å². The molecule has 5 nitrogen and oxygen atoms in total. The number of carbonyl (C=O) groups is 1. The van der Waals surface area contributed by atoms with Crippen LogP contribution in [0.2, 0.25) is 5.02 Å². The van der Waals surface area contributed by atoms with Crippen LogP contribution in [0.1, 0.15) is 13.3 Å². The Morgan fingerprint density at radius 1 is 1.48 bits per heavy atom. The third-order valence-corrected chi connectivity index (χ3v) is 4.37. The van der Waals surface area contributed by atoms with Gasteiger partial charge in [0.15, 0.2) is 6.10 Å². The van der Waals surface area contributed by atoms with E-state index in [2.05, 4.69) is 10.2 Å². The highest BCUT2D eigenvalue weighted by Gasteiger charge is 2.23. The number of methoxy groups -OCH3 is 1. The van der Waals surface area contributed by atoms with Crippen molar-refractivity contribution in [3.63, 3.8) is 0 Å². The molecule has 1 aromatic carbocycles. The minimum absolute atomic E-state index is 0.111. The summed E-state index contributed by atoms with van der Waals surface area (Å²) in [4.78, 5) is 14.5. The highest BCUT2D eigenvalue weighted by atomic mass is 35.5. The molecule has 1 aliphatic rings. The van der Waals surface area contributed by atoms with Gasteiger partial charge in [-0.1, -0.05) is 23.7 Å². The fourth-order valence-corrected chi connectivity index (χ4v) is 2.86. The average Bonchev–Trinajstić information content (AvgIpc) is 3.00. The number of hydrogen-bond donors (Lipinski definition) is 1. The molecule has 0 aliphatic carbocycles. The van der Waals surface area contributed by atoms with E-state index in [0.29, 0.717) is 23.2 Å². The van der Waals surface area contributed by atoms with Crippen molar-refractivity contribution in [2.75, 3.05) is 39.9 Å². The Labute approximate surface area is 142 Å². The van der Waals surface area contributed by atoms with E-state index in [1.807, 2.05) is 12.1 Å². The molecular formula is C17H25ClN2O3. The predicted octanol–water partition coefficient (Wildman–Crippen LogP) is 2.19. The van der Waals surface area contributed by atoms with Gasteiger partial charge in [0.1, 0.15) is 5.75 Å². The quantitative estimate of drug-likeness (QED) is 0.788. The Kier molecular flexibility index (Phi) is 7.15. The lowest BCUT2D eigenvalue weighted by atomic mass is 10.1. The van der Waals surface area contributed by atoms with Crippen molar-refractivity contribution >= 4 is 17.5 Å². The number of likely N-dealkylation sites (tertiary alicyclic amines) is 1. The first kappa shape index (κ1) is 18.0. The van der Waals surface area contributed by atoms with Crippen LogP contribution in [0.3, 0.4) is 0 Å². The third-order valence-electron chi connectivity index (χ3n) is 4.06. The summed E-state index contributed by atoms with van der Waals surface area (Å²) in [7, 11) is 1.72. The molecule has 1 N–H and O–H groups in total. The summed E-state index contributed by atoms with van der Waals surface area (Å²) in [5.41, 5.74) is 0. The van der Waals surface area contributed by atoms with Gasteiger partial charge in [0, 0.05) is 26.7 Å². The molecule has 1 aromatic rings. The molecule has 0 radical (unpaired) electrons. The van der Waals surface area contributed by atoms with Gasteiger partial charge < -0.3 is 19.7 Å². The summed E-state index contributed by atoms with van der Waals surface area (Å²) < 4.78 is 10.7. The van der Waals surface area contributed by atoms with Gasteiger partial charge in [-0.2, -0.15) is 0 Å². The van der Waals surface area contributed by atoms with Gasteiger partial charge in [0.05, 0.1) is 11.6 Å². The average molecular weight is 341 g/mol. The molecule has 1 fully saturated rings. The van der Waals surface area contributed by atoms with Crippen LogP contribution >= 0.6 is 11.6 Å². The Hall–Kier alpha value is -1.30. The van der Waals surface area contributed by atoms with Crippen LogP contribution < -0.4 is 10.1 Å². The minimum atomic E-state index is -0.569. The zero-order valence-corrected chi connectivity index (χ0v) is 14.5. The monoisotopic (exact) mass is 340 g/mol. The van der Waals surface area contributed by atoms with Gasteiger partial charge >= 0.3 is 0 Å². The first-order valence-electron chi connectivity index (χ1n) is 8.00. The van der Waals surface area contributed by atoms with Gasteiger partial charge in [-0.15, -0.1) is 0 Å². The van der Waals surface area contributed by atoms with Gasteiger partial charge in [-0.25, -0.2) is 0 Å². The molecule has 1 heterocycles. The maximum absolute atomic E-state index is 12.2.